The largest absolute Gasteiger partial charge is 0.383 e. The summed E-state index contributed by atoms with van der Waals surface area (Å²) in [5.41, 5.74) is 0.326. The predicted molar refractivity (Wildman–Crippen MR) is 106 cm³/mol. The molecule has 150 valence electrons. The molecule has 0 spiro atoms. The summed E-state index contributed by atoms with van der Waals surface area (Å²) in [6.45, 7) is 2.38. The summed E-state index contributed by atoms with van der Waals surface area (Å²) in [6, 6.07) is 10.5. The number of nitrogens with zero attached hydrogens (tertiary/aromatic N) is 4. The second-order valence-electron chi connectivity index (χ2n) is 6.38. The Morgan fingerprint density at radius 1 is 1.17 bits per heavy atom. The van der Waals surface area contributed by atoms with Crippen molar-refractivity contribution in [2.75, 3.05) is 20.3 Å². The van der Waals surface area contributed by atoms with Gasteiger partial charge in [-0.15, -0.1) is 0 Å². The number of benzene rings is 1. The zero-order valence-corrected chi connectivity index (χ0v) is 16.2. The van der Waals surface area contributed by atoms with Crippen molar-refractivity contribution in [3.05, 3.63) is 86.5 Å². The van der Waals surface area contributed by atoms with E-state index in [2.05, 4.69) is 15.4 Å². The number of ether oxygens (including phenoxy) is 1. The highest BCUT2D eigenvalue weighted by molar-refractivity contribution is 5.91. The van der Waals surface area contributed by atoms with Gasteiger partial charge in [0, 0.05) is 26.0 Å². The second kappa shape index (κ2) is 9.07. The third-order valence-electron chi connectivity index (χ3n) is 4.21. The molecule has 0 atom stereocenters. The lowest BCUT2D eigenvalue weighted by Gasteiger charge is -2.12. The molecule has 29 heavy (non-hydrogen) atoms. The van der Waals surface area contributed by atoms with E-state index in [1.54, 1.807) is 36.7 Å². The normalized spacial score (nSPS) is 10.7. The molecule has 1 amide bonds. The van der Waals surface area contributed by atoms with E-state index in [9.17, 15) is 14.4 Å². The maximum absolute atomic E-state index is 13.0. The van der Waals surface area contributed by atoms with Crippen molar-refractivity contribution in [2.24, 2.45) is 0 Å². The van der Waals surface area contributed by atoms with Crippen molar-refractivity contribution in [3.8, 4) is 5.69 Å². The van der Waals surface area contributed by atoms with Crippen molar-refractivity contribution >= 4 is 5.91 Å². The molecule has 0 aliphatic carbocycles. The molecule has 0 aliphatic heterocycles. The summed E-state index contributed by atoms with van der Waals surface area (Å²) in [5.74, 6) is -0.673. The average Bonchev–Trinajstić information content (AvgIpc) is 2.73. The van der Waals surface area contributed by atoms with Crippen LogP contribution in [0.4, 0.5) is 0 Å². The molecule has 0 unspecified atom stereocenters. The Bertz CT molecular complexity index is 1100. The van der Waals surface area contributed by atoms with Crippen molar-refractivity contribution in [2.45, 2.75) is 13.5 Å². The van der Waals surface area contributed by atoms with Gasteiger partial charge in [0.25, 0.3) is 11.5 Å². The Kier molecular flexibility index (Phi) is 6.30. The standard InChI is InChI=1S/C20H21N5O4/c1-14-5-7-16(8-6-14)25-20(28)24(13-15-4-3-9-21-12-15)19(27)17(23-25)18(26)22-10-11-29-2/h3-9,12H,10-11,13H2,1-2H3,(H,22,26). The minimum absolute atomic E-state index is 0.0295. The van der Waals surface area contributed by atoms with Crippen molar-refractivity contribution < 1.29 is 9.53 Å². The number of hydrogen-bond donors (Lipinski definition) is 1. The molecule has 0 fully saturated rings. The van der Waals surface area contributed by atoms with Crippen molar-refractivity contribution in [3.63, 3.8) is 0 Å². The van der Waals surface area contributed by atoms with Crippen LogP contribution in [0.15, 0.2) is 58.4 Å². The van der Waals surface area contributed by atoms with E-state index in [1.165, 1.54) is 7.11 Å². The van der Waals surface area contributed by atoms with Gasteiger partial charge in [-0.3, -0.25) is 19.1 Å². The highest BCUT2D eigenvalue weighted by Crippen LogP contribution is 2.06. The van der Waals surface area contributed by atoms with Gasteiger partial charge in [-0.25, -0.2) is 4.79 Å². The number of aromatic nitrogens is 4. The zero-order chi connectivity index (χ0) is 20.8. The van der Waals surface area contributed by atoms with Crippen LogP contribution in [0.3, 0.4) is 0 Å². The van der Waals surface area contributed by atoms with Gasteiger partial charge in [-0.1, -0.05) is 23.8 Å². The van der Waals surface area contributed by atoms with Gasteiger partial charge >= 0.3 is 5.69 Å². The van der Waals surface area contributed by atoms with Gasteiger partial charge < -0.3 is 10.1 Å². The Hall–Kier alpha value is -3.59. The maximum atomic E-state index is 13.0. The fourth-order valence-electron chi connectivity index (χ4n) is 2.68. The van der Waals surface area contributed by atoms with Gasteiger partial charge in [0.2, 0.25) is 5.69 Å². The first-order valence-electron chi connectivity index (χ1n) is 8.98. The molecule has 9 heteroatoms. The number of rotatable bonds is 7. The smallest absolute Gasteiger partial charge is 0.352 e. The van der Waals surface area contributed by atoms with Crippen LogP contribution in [0.25, 0.3) is 5.69 Å². The molecular formula is C20H21N5O4. The number of carbonyl (C=O) groups is 1. The van der Waals surface area contributed by atoms with Gasteiger partial charge in [-0.05, 0) is 30.7 Å². The molecule has 3 aromatic rings. The molecule has 2 aromatic heterocycles. The van der Waals surface area contributed by atoms with E-state index in [0.29, 0.717) is 11.3 Å². The number of methoxy groups -OCH3 is 1. The quantitative estimate of drug-likeness (QED) is 0.585. The molecule has 3 rings (SSSR count). The first kappa shape index (κ1) is 20.2. The lowest BCUT2D eigenvalue weighted by atomic mass is 10.2. The Morgan fingerprint density at radius 3 is 2.59 bits per heavy atom. The predicted octanol–water partition coefficient (Wildman–Crippen LogP) is 0.522. The summed E-state index contributed by atoms with van der Waals surface area (Å²) >= 11 is 0. The summed E-state index contributed by atoms with van der Waals surface area (Å²) < 4.78 is 6.94. The van der Waals surface area contributed by atoms with Gasteiger partial charge in [0.15, 0.2) is 0 Å². The van der Waals surface area contributed by atoms with Crippen LogP contribution < -0.4 is 16.6 Å². The molecule has 1 aromatic carbocycles. The van der Waals surface area contributed by atoms with E-state index in [1.807, 2.05) is 19.1 Å². The summed E-state index contributed by atoms with van der Waals surface area (Å²) in [6.07, 6.45) is 3.15. The Morgan fingerprint density at radius 2 is 1.93 bits per heavy atom. The van der Waals surface area contributed by atoms with Gasteiger partial charge in [0.1, 0.15) is 0 Å². The van der Waals surface area contributed by atoms with Crippen LogP contribution in [0, 0.1) is 6.92 Å². The SMILES string of the molecule is COCCNC(=O)c1nn(-c2ccc(C)cc2)c(=O)n(Cc2cccnc2)c1=O. The molecule has 0 radical (unpaired) electrons. The third kappa shape index (κ3) is 4.64. The molecule has 0 bridgehead atoms. The first-order chi connectivity index (χ1) is 14.0. The van der Waals surface area contributed by atoms with Crippen LogP contribution in [0.2, 0.25) is 0 Å². The van der Waals surface area contributed by atoms with E-state index < -0.39 is 17.2 Å². The summed E-state index contributed by atoms with van der Waals surface area (Å²) in [4.78, 5) is 42.4. The topological polar surface area (TPSA) is 108 Å². The maximum Gasteiger partial charge on any atom is 0.352 e. The number of carbonyl (C=O) groups excluding carboxylic acids is 1. The molecule has 0 aliphatic rings. The number of aryl methyl sites for hydroxylation is 1. The molecule has 1 N–H and O–H groups in total. The fourth-order valence-corrected chi connectivity index (χ4v) is 2.68. The van der Waals surface area contributed by atoms with Crippen LogP contribution in [0.1, 0.15) is 21.6 Å². The minimum Gasteiger partial charge on any atom is -0.383 e. The zero-order valence-electron chi connectivity index (χ0n) is 16.2. The van der Waals surface area contributed by atoms with E-state index in [4.69, 9.17) is 4.74 Å². The van der Waals surface area contributed by atoms with Gasteiger partial charge in [-0.2, -0.15) is 9.78 Å². The van der Waals surface area contributed by atoms with Crippen LogP contribution in [0.5, 0.6) is 0 Å². The highest BCUT2D eigenvalue weighted by Gasteiger charge is 2.20. The van der Waals surface area contributed by atoms with E-state index >= 15 is 0 Å². The lowest BCUT2D eigenvalue weighted by molar-refractivity contribution is 0.0927. The number of hydrogen-bond acceptors (Lipinski definition) is 6. The van der Waals surface area contributed by atoms with Gasteiger partial charge in [0.05, 0.1) is 18.8 Å². The highest BCUT2D eigenvalue weighted by atomic mass is 16.5. The summed E-state index contributed by atoms with van der Waals surface area (Å²) in [7, 11) is 1.50. The monoisotopic (exact) mass is 395 g/mol. The second-order valence-corrected chi connectivity index (χ2v) is 6.38. The van der Waals surface area contributed by atoms with Crippen molar-refractivity contribution in [1.29, 1.82) is 0 Å². The molecule has 2 heterocycles. The van der Waals surface area contributed by atoms with Crippen LogP contribution in [-0.2, 0) is 11.3 Å². The average molecular weight is 395 g/mol. The third-order valence-corrected chi connectivity index (χ3v) is 4.21. The Balaban J connectivity index is 2.12. The first-order valence-corrected chi connectivity index (χ1v) is 8.98. The van der Waals surface area contributed by atoms with E-state index in [-0.39, 0.29) is 25.4 Å². The fraction of sp³-hybridized carbons (Fsp3) is 0.250. The summed E-state index contributed by atoms with van der Waals surface area (Å²) in [5, 5.41) is 6.63. The molecule has 0 saturated heterocycles. The molecular weight excluding hydrogens is 374 g/mol. The molecule has 9 nitrogen and oxygen atoms in total. The van der Waals surface area contributed by atoms with Crippen LogP contribution in [-0.4, -0.2) is 45.5 Å². The van der Waals surface area contributed by atoms with Crippen molar-refractivity contribution in [1.82, 2.24) is 24.6 Å². The Labute approximate surface area is 166 Å². The lowest BCUT2D eigenvalue weighted by Crippen LogP contribution is -2.46. The minimum atomic E-state index is -0.767. The van der Waals surface area contributed by atoms with E-state index in [0.717, 1.165) is 14.8 Å². The number of amides is 1. The molecule has 0 saturated carbocycles. The number of pyridine rings is 1. The van der Waals surface area contributed by atoms with Crippen LogP contribution >= 0.6 is 0 Å². The number of nitrogens with one attached hydrogen (secondary N) is 1.